The zero-order valence-corrected chi connectivity index (χ0v) is 12.8. The fourth-order valence-electron chi connectivity index (χ4n) is 2.45. The van der Waals surface area contributed by atoms with Gasteiger partial charge in [0.15, 0.2) is 0 Å². The number of ketones is 1. The highest BCUT2D eigenvalue weighted by Crippen LogP contribution is 2.25. The van der Waals surface area contributed by atoms with Gasteiger partial charge in [-0.05, 0) is 24.3 Å². The van der Waals surface area contributed by atoms with Crippen LogP contribution in [0, 0.1) is 11.3 Å². The van der Waals surface area contributed by atoms with Gasteiger partial charge in [-0.2, -0.15) is 5.26 Å². The van der Waals surface area contributed by atoms with Crippen LogP contribution in [-0.2, 0) is 0 Å². The van der Waals surface area contributed by atoms with Crippen LogP contribution >= 0.6 is 0 Å². The number of Topliss-reactive ketones (excluding diaryl/α,β-unsaturated/α-hetero) is 1. The first-order valence-electron chi connectivity index (χ1n) is 7.15. The van der Waals surface area contributed by atoms with Crippen LogP contribution in [0.15, 0.2) is 59.9 Å². The second-order valence-electron chi connectivity index (χ2n) is 5.02. The highest BCUT2D eigenvalue weighted by atomic mass is 16.5. The van der Waals surface area contributed by atoms with Crippen molar-refractivity contribution >= 4 is 17.4 Å². The predicted octanol–water partition coefficient (Wildman–Crippen LogP) is 2.47. The minimum absolute atomic E-state index is 0.0668. The first-order valence-corrected chi connectivity index (χ1v) is 7.15. The number of amides is 1. The van der Waals surface area contributed by atoms with Crippen molar-refractivity contribution < 1.29 is 14.3 Å². The average molecular weight is 319 g/mol. The number of ether oxygens (including phenoxy) is 1. The summed E-state index contributed by atoms with van der Waals surface area (Å²) in [5, 5.41) is 14.9. The fourth-order valence-corrected chi connectivity index (χ4v) is 2.45. The smallest absolute Gasteiger partial charge is 0.258 e. The zero-order chi connectivity index (χ0) is 17.1. The van der Waals surface area contributed by atoms with E-state index in [9.17, 15) is 14.9 Å². The Labute approximate surface area is 138 Å². The summed E-state index contributed by atoms with van der Waals surface area (Å²) in [5.74, 6) is -0.479. The van der Waals surface area contributed by atoms with Crippen molar-refractivity contribution in [2.75, 3.05) is 12.4 Å². The van der Waals surface area contributed by atoms with E-state index in [-0.39, 0.29) is 22.9 Å². The third-order valence-corrected chi connectivity index (χ3v) is 3.61. The highest BCUT2D eigenvalue weighted by molar-refractivity contribution is 6.15. The van der Waals surface area contributed by atoms with Crippen LogP contribution < -0.4 is 15.4 Å². The lowest BCUT2D eigenvalue weighted by molar-refractivity contribution is 0.0963. The number of benzene rings is 2. The number of carbonyl (C=O) groups is 2. The second kappa shape index (κ2) is 6.26. The van der Waals surface area contributed by atoms with Gasteiger partial charge in [-0.3, -0.25) is 9.59 Å². The summed E-state index contributed by atoms with van der Waals surface area (Å²) in [4.78, 5) is 24.9. The molecule has 24 heavy (non-hydrogen) atoms. The zero-order valence-electron chi connectivity index (χ0n) is 12.8. The second-order valence-corrected chi connectivity index (χ2v) is 5.02. The van der Waals surface area contributed by atoms with E-state index in [0.717, 1.165) is 0 Å². The van der Waals surface area contributed by atoms with Crippen molar-refractivity contribution in [2.24, 2.45) is 0 Å². The molecule has 1 aliphatic heterocycles. The van der Waals surface area contributed by atoms with E-state index in [1.165, 1.54) is 7.11 Å². The number of carbonyl (C=O) groups excluding carboxylic acids is 2. The minimum atomic E-state index is -0.530. The first kappa shape index (κ1) is 15.3. The van der Waals surface area contributed by atoms with Gasteiger partial charge in [0.1, 0.15) is 23.2 Å². The molecule has 0 aliphatic carbocycles. The van der Waals surface area contributed by atoms with E-state index >= 15 is 0 Å². The van der Waals surface area contributed by atoms with E-state index < -0.39 is 5.78 Å². The van der Waals surface area contributed by atoms with Gasteiger partial charge in [0, 0.05) is 0 Å². The van der Waals surface area contributed by atoms with E-state index in [1.807, 2.05) is 6.07 Å². The fraction of sp³-hybridized carbons (Fsp3) is 0.0556. The molecule has 1 aliphatic rings. The van der Waals surface area contributed by atoms with Crippen molar-refractivity contribution in [1.29, 1.82) is 5.26 Å². The summed E-state index contributed by atoms with van der Waals surface area (Å²) in [5.41, 5.74) is 1.04. The molecule has 0 aromatic heterocycles. The Balaban J connectivity index is 2.06. The van der Waals surface area contributed by atoms with Crippen molar-refractivity contribution in [1.82, 2.24) is 5.32 Å². The molecule has 2 aromatic rings. The number of nitrogens with zero attached hydrogens (tertiary/aromatic N) is 1. The van der Waals surface area contributed by atoms with Gasteiger partial charge >= 0.3 is 0 Å². The molecule has 118 valence electrons. The van der Waals surface area contributed by atoms with Crippen LogP contribution in [0.4, 0.5) is 5.69 Å². The summed E-state index contributed by atoms with van der Waals surface area (Å²) in [6.45, 7) is 0. The molecule has 0 bridgehead atoms. The first-order chi connectivity index (χ1) is 11.7. The molecule has 0 saturated heterocycles. The summed E-state index contributed by atoms with van der Waals surface area (Å²) < 4.78 is 5.17. The van der Waals surface area contributed by atoms with Gasteiger partial charge in [-0.1, -0.05) is 24.3 Å². The molecule has 0 atom stereocenters. The van der Waals surface area contributed by atoms with E-state index in [4.69, 9.17) is 4.74 Å². The summed E-state index contributed by atoms with van der Waals surface area (Å²) in [7, 11) is 1.45. The number of fused-ring (bicyclic) bond motifs is 1. The van der Waals surface area contributed by atoms with E-state index in [0.29, 0.717) is 17.0 Å². The number of anilines is 1. The van der Waals surface area contributed by atoms with Gasteiger partial charge < -0.3 is 15.4 Å². The Morgan fingerprint density at radius 2 is 1.79 bits per heavy atom. The van der Waals surface area contributed by atoms with Crippen LogP contribution in [0.3, 0.4) is 0 Å². The Morgan fingerprint density at radius 1 is 1.08 bits per heavy atom. The third kappa shape index (κ3) is 2.59. The van der Waals surface area contributed by atoms with Gasteiger partial charge in [-0.15, -0.1) is 0 Å². The Morgan fingerprint density at radius 3 is 2.54 bits per heavy atom. The quantitative estimate of drug-likeness (QED) is 0.515. The highest BCUT2D eigenvalue weighted by Gasteiger charge is 2.26. The van der Waals surface area contributed by atoms with Crippen LogP contribution in [0.25, 0.3) is 0 Å². The number of hydrogen-bond acceptors (Lipinski definition) is 5. The largest absolute Gasteiger partial charge is 0.496 e. The third-order valence-electron chi connectivity index (χ3n) is 3.61. The predicted molar refractivity (Wildman–Crippen MR) is 87.5 cm³/mol. The number of allylic oxidation sites excluding steroid dienone is 1. The number of methoxy groups -OCH3 is 1. The van der Waals surface area contributed by atoms with Crippen LogP contribution in [-0.4, -0.2) is 18.8 Å². The van der Waals surface area contributed by atoms with Crippen LogP contribution in [0.1, 0.15) is 20.7 Å². The summed E-state index contributed by atoms with van der Waals surface area (Å²) in [6, 6.07) is 15.3. The number of rotatable bonds is 3. The Kier molecular flexibility index (Phi) is 4.00. The van der Waals surface area contributed by atoms with E-state index in [1.54, 1.807) is 48.5 Å². The number of hydrogen-bond donors (Lipinski definition) is 2. The maximum absolute atomic E-state index is 12.7. The summed E-state index contributed by atoms with van der Waals surface area (Å²) >= 11 is 0. The lowest BCUT2D eigenvalue weighted by Gasteiger charge is -2.22. The van der Waals surface area contributed by atoms with Gasteiger partial charge in [0.05, 0.1) is 23.9 Å². The molecule has 0 spiro atoms. The standard InChI is InChI=1S/C18H13N3O3/c1-24-15-9-5-3-7-12(15)16(22)13(10-19)17-20-14-8-4-2-6-11(14)18(23)21-17/h2-9,20H,1H3,(H,21,23)/b17-13+. The van der Waals surface area contributed by atoms with Crippen molar-refractivity contribution in [3.05, 3.63) is 71.1 Å². The molecular formula is C18H13N3O3. The molecular weight excluding hydrogens is 306 g/mol. The maximum atomic E-state index is 12.7. The molecule has 1 amide bonds. The number of nitrogens with one attached hydrogen (secondary N) is 2. The SMILES string of the molecule is COc1ccccc1C(=O)/C(C#N)=C1/NC(=O)c2ccccc2N1. The normalized spacial score (nSPS) is 14.6. The van der Waals surface area contributed by atoms with Crippen LogP contribution in [0.5, 0.6) is 5.75 Å². The molecule has 2 aromatic carbocycles. The molecule has 0 fully saturated rings. The molecule has 6 nitrogen and oxygen atoms in total. The van der Waals surface area contributed by atoms with Gasteiger partial charge in [0.25, 0.3) is 5.91 Å². The maximum Gasteiger partial charge on any atom is 0.258 e. The topological polar surface area (TPSA) is 91.2 Å². The molecule has 3 rings (SSSR count). The van der Waals surface area contributed by atoms with Crippen LogP contribution in [0.2, 0.25) is 0 Å². The van der Waals surface area contributed by atoms with Crippen molar-refractivity contribution in [3.63, 3.8) is 0 Å². The summed E-state index contributed by atoms with van der Waals surface area (Å²) in [6.07, 6.45) is 0. The lowest BCUT2D eigenvalue weighted by atomic mass is 10.0. The number of para-hydroxylation sites is 2. The minimum Gasteiger partial charge on any atom is -0.496 e. The average Bonchev–Trinajstić information content (AvgIpc) is 2.62. The molecule has 0 saturated carbocycles. The van der Waals surface area contributed by atoms with E-state index in [2.05, 4.69) is 10.6 Å². The molecule has 0 radical (unpaired) electrons. The molecule has 2 N–H and O–H groups in total. The molecule has 0 unspecified atom stereocenters. The lowest BCUT2D eigenvalue weighted by Crippen LogP contribution is -2.34. The Bertz CT molecular complexity index is 910. The van der Waals surface area contributed by atoms with Crippen molar-refractivity contribution in [2.45, 2.75) is 0 Å². The number of nitriles is 1. The van der Waals surface area contributed by atoms with Gasteiger partial charge in [-0.25, -0.2) is 0 Å². The molecule has 1 heterocycles. The molecule has 6 heteroatoms. The monoisotopic (exact) mass is 319 g/mol. The van der Waals surface area contributed by atoms with Crippen molar-refractivity contribution in [3.8, 4) is 11.8 Å². The Hall–Kier alpha value is -3.59. The van der Waals surface area contributed by atoms with Gasteiger partial charge in [0.2, 0.25) is 5.78 Å².